The number of hydrogen-bond donors (Lipinski definition) is 1. The van der Waals surface area contributed by atoms with Gasteiger partial charge in [0, 0.05) is 13.2 Å². The normalized spacial score (nSPS) is 11.6. The molecule has 0 saturated carbocycles. The third-order valence-corrected chi connectivity index (χ3v) is 2.09. The van der Waals surface area contributed by atoms with Gasteiger partial charge in [0.2, 0.25) is 0 Å². The van der Waals surface area contributed by atoms with E-state index in [4.69, 9.17) is 4.74 Å². The molecule has 1 N–H and O–H groups in total. The molecule has 0 amide bonds. The molecule has 0 spiro atoms. The van der Waals surface area contributed by atoms with Gasteiger partial charge in [-0.25, -0.2) is 0 Å². The molecule has 92 valence electrons. The van der Waals surface area contributed by atoms with E-state index in [0.29, 0.717) is 0 Å². The van der Waals surface area contributed by atoms with Gasteiger partial charge in [-0.05, 0) is 52.5 Å². The molecule has 0 aliphatic heterocycles. The minimum absolute atomic E-state index is 0.742. The highest BCUT2D eigenvalue weighted by atomic mass is 16.5. The lowest BCUT2D eigenvalue weighted by molar-refractivity contribution is 0.123. The average molecular weight is 216 g/mol. The first-order chi connectivity index (χ1) is 7.13. The molecule has 0 aliphatic rings. The minimum atomic E-state index is 0.742. The second-order valence-corrected chi connectivity index (χ2v) is 4.72. The van der Waals surface area contributed by atoms with Crippen LogP contribution in [0.4, 0.5) is 0 Å². The molecule has 0 bridgehead atoms. The van der Waals surface area contributed by atoms with Crippen molar-refractivity contribution in [3.63, 3.8) is 0 Å². The first-order valence-corrected chi connectivity index (χ1v) is 6.06. The van der Waals surface area contributed by atoms with Crippen LogP contribution in [0.2, 0.25) is 0 Å². The molecule has 3 nitrogen and oxygen atoms in total. The molecule has 0 aromatic heterocycles. The Morgan fingerprint density at radius 1 is 1.13 bits per heavy atom. The zero-order chi connectivity index (χ0) is 11.5. The van der Waals surface area contributed by atoms with Crippen LogP contribution >= 0.6 is 0 Å². The maximum atomic E-state index is 5.52. The van der Waals surface area contributed by atoms with Crippen molar-refractivity contribution in [1.29, 1.82) is 0 Å². The molecule has 0 aromatic rings. The van der Waals surface area contributed by atoms with Crippen molar-refractivity contribution in [3.8, 4) is 0 Å². The molecule has 3 heteroatoms. The Hall–Kier alpha value is -0.120. The summed E-state index contributed by atoms with van der Waals surface area (Å²) in [5.41, 5.74) is 0. The van der Waals surface area contributed by atoms with E-state index in [1.807, 2.05) is 0 Å². The van der Waals surface area contributed by atoms with Gasteiger partial charge in [-0.1, -0.05) is 13.8 Å². The van der Waals surface area contributed by atoms with Gasteiger partial charge in [0.25, 0.3) is 0 Å². The second-order valence-electron chi connectivity index (χ2n) is 4.72. The number of nitrogens with zero attached hydrogens (tertiary/aromatic N) is 1. The summed E-state index contributed by atoms with van der Waals surface area (Å²) in [6, 6.07) is 0. The minimum Gasteiger partial charge on any atom is -0.381 e. The quantitative estimate of drug-likeness (QED) is 0.561. The van der Waals surface area contributed by atoms with Gasteiger partial charge in [-0.2, -0.15) is 0 Å². The highest BCUT2D eigenvalue weighted by Gasteiger charge is 1.94. The largest absolute Gasteiger partial charge is 0.381 e. The Morgan fingerprint density at radius 2 is 1.80 bits per heavy atom. The molecular formula is C12H28N2O. The summed E-state index contributed by atoms with van der Waals surface area (Å²) in [5.74, 6) is 0.742. The van der Waals surface area contributed by atoms with Crippen molar-refractivity contribution in [1.82, 2.24) is 10.2 Å². The van der Waals surface area contributed by atoms with Gasteiger partial charge in [0.05, 0.1) is 0 Å². The summed E-state index contributed by atoms with van der Waals surface area (Å²) >= 11 is 0. The van der Waals surface area contributed by atoms with E-state index in [-0.39, 0.29) is 0 Å². The molecule has 0 radical (unpaired) electrons. The number of ether oxygens (including phenoxy) is 1. The van der Waals surface area contributed by atoms with E-state index in [2.05, 4.69) is 38.2 Å². The average Bonchev–Trinajstić information content (AvgIpc) is 2.14. The number of rotatable bonds is 10. The van der Waals surface area contributed by atoms with Gasteiger partial charge in [0.1, 0.15) is 0 Å². The second kappa shape index (κ2) is 10.4. The fourth-order valence-corrected chi connectivity index (χ4v) is 1.27. The first kappa shape index (κ1) is 14.9. The standard InChI is InChI=1S/C12H28N2O/c1-12(2)11-13-7-5-9-15-10-6-8-14(3)4/h12-13H,5-11H2,1-4H3. The van der Waals surface area contributed by atoms with Crippen LogP contribution in [0, 0.1) is 5.92 Å². The van der Waals surface area contributed by atoms with Crippen molar-refractivity contribution < 1.29 is 4.74 Å². The van der Waals surface area contributed by atoms with Crippen LogP contribution in [0.1, 0.15) is 26.7 Å². The van der Waals surface area contributed by atoms with E-state index < -0.39 is 0 Å². The van der Waals surface area contributed by atoms with E-state index in [9.17, 15) is 0 Å². The lowest BCUT2D eigenvalue weighted by Gasteiger charge is -2.10. The van der Waals surface area contributed by atoms with Crippen LogP contribution in [-0.2, 0) is 4.74 Å². The lowest BCUT2D eigenvalue weighted by atomic mass is 10.2. The van der Waals surface area contributed by atoms with Crippen molar-refractivity contribution in [3.05, 3.63) is 0 Å². The van der Waals surface area contributed by atoms with Crippen LogP contribution in [0.5, 0.6) is 0 Å². The summed E-state index contributed by atoms with van der Waals surface area (Å²) in [6.45, 7) is 9.54. The molecule has 0 heterocycles. The highest BCUT2D eigenvalue weighted by Crippen LogP contribution is 1.89. The molecule has 0 rings (SSSR count). The molecule has 0 fully saturated rings. The topological polar surface area (TPSA) is 24.5 Å². The number of nitrogens with one attached hydrogen (secondary N) is 1. The fraction of sp³-hybridized carbons (Fsp3) is 1.00. The van der Waals surface area contributed by atoms with Crippen LogP contribution < -0.4 is 5.32 Å². The Balaban J connectivity index is 2.93. The Morgan fingerprint density at radius 3 is 2.40 bits per heavy atom. The Labute approximate surface area is 95.2 Å². The van der Waals surface area contributed by atoms with Crippen LogP contribution in [0.25, 0.3) is 0 Å². The van der Waals surface area contributed by atoms with Gasteiger partial charge >= 0.3 is 0 Å². The Kier molecular flexibility index (Phi) is 10.3. The van der Waals surface area contributed by atoms with Gasteiger partial charge in [-0.3, -0.25) is 0 Å². The van der Waals surface area contributed by atoms with Crippen LogP contribution in [0.3, 0.4) is 0 Å². The predicted molar refractivity (Wildman–Crippen MR) is 66.3 cm³/mol. The summed E-state index contributed by atoms with van der Waals surface area (Å²) in [7, 11) is 4.19. The molecular weight excluding hydrogens is 188 g/mol. The van der Waals surface area contributed by atoms with Crippen molar-refractivity contribution in [2.45, 2.75) is 26.7 Å². The summed E-state index contributed by atoms with van der Waals surface area (Å²) in [6.07, 6.45) is 2.25. The van der Waals surface area contributed by atoms with E-state index in [0.717, 1.165) is 51.6 Å². The van der Waals surface area contributed by atoms with Crippen molar-refractivity contribution in [2.75, 3.05) is 46.9 Å². The van der Waals surface area contributed by atoms with E-state index in [1.54, 1.807) is 0 Å². The summed E-state index contributed by atoms with van der Waals surface area (Å²) in [5, 5.41) is 3.41. The SMILES string of the molecule is CC(C)CNCCCOCCCN(C)C. The maximum absolute atomic E-state index is 5.52. The van der Waals surface area contributed by atoms with E-state index >= 15 is 0 Å². The zero-order valence-electron chi connectivity index (χ0n) is 10.9. The summed E-state index contributed by atoms with van der Waals surface area (Å²) < 4.78 is 5.52. The fourth-order valence-electron chi connectivity index (χ4n) is 1.27. The highest BCUT2D eigenvalue weighted by molar-refractivity contribution is 4.51. The van der Waals surface area contributed by atoms with Crippen LogP contribution in [0.15, 0.2) is 0 Å². The maximum Gasteiger partial charge on any atom is 0.0478 e. The predicted octanol–water partition coefficient (Wildman–Crippen LogP) is 1.59. The van der Waals surface area contributed by atoms with Crippen molar-refractivity contribution in [2.24, 2.45) is 5.92 Å². The molecule has 0 aliphatic carbocycles. The smallest absolute Gasteiger partial charge is 0.0478 e. The lowest BCUT2D eigenvalue weighted by Crippen LogP contribution is -2.22. The third-order valence-electron chi connectivity index (χ3n) is 2.09. The molecule has 0 atom stereocenters. The van der Waals surface area contributed by atoms with Gasteiger partial charge in [0.15, 0.2) is 0 Å². The van der Waals surface area contributed by atoms with Crippen molar-refractivity contribution >= 4 is 0 Å². The zero-order valence-corrected chi connectivity index (χ0v) is 10.9. The number of hydrogen-bond acceptors (Lipinski definition) is 3. The summed E-state index contributed by atoms with van der Waals surface area (Å²) in [4.78, 5) is 2.19. The van der Waals surface area contributed by atoms with Gasteiger partial charge < -0.3 is 15.0 Å². The van der Waals surface area contributed by atoms with Crippen LogP contribution in [-0.4, -0.2) is 51.8 Å². The molecule has 0 unspecified atom stereocenters. The Bertz CT molecular complexity index is 113. The van der Waals surface area contributed by atoms with Gasteiger partial charge in [-0.15, -0.1) is 0 Å². The molecule has 0 aromatic carbocycles. The molecule has 0 saturated heterocycles. The van der Waals surface area contributed by atoms with E-state index in [1.165, 1.54) is 0 Å². The first-order valence-electron chi connectivity index (χ1n) is 6.06. The third kappa shape index (κ3) is 13.9. The molecule has 15 heavy (non-hydrogen) atoms. The monoisotopic (exact) mass is 216 g/mol.